The number of halogens is 1. The van der Waals surface area contributed by atoms with Gasteiger partial charge in [-0.3, -0.25) is 14.6 Å². The van der Waals surface area contributed by atoms with Gasteiger partial charge in [-0.1, -0.05) is 25.3 Å². The summed E-state index contributed by atoms with van der Waals surface area (Å²) in [6, 6.07) is 4.01. The minimum absolute atomic E-state index is 0.0271. The van der Waals surface area contributed by atoms with Crippen molar-refractivity contribution in [3.05, 3.63) is 68.4 Å². The molecule has 1 aromatic carbocycles. The van der Waals surface area contributed by atoms with Gasteiger partial charge in [0.2, 0.25) is 0 Å². The molecule has 1 saturated carbocycles. The van der Waals surface area contributed by atoms with Crippen molar-refractivity contribution < 1.29 is 13.6 Å². The first kappa shape index (κ1) is 21.2. The van der Waals surface area contributed by atoms with Crippen LogP contribution in [0.4, 0.5) is 4.39 Å². The third-order valence-corrected chi connectivity index (χ3v) is 6.60. The molecule has 0 spiro atoms. The minimum Gasteiger partial charge on any atom is -0.461 e. The van der Waals surface area contributed by atoms with Gasteiger partial charge >= 0.3 is 0 Å². The SMILES string of the molecule is [C-]#[N+]C1=C(C)N=C(C)C(C(=O)CCC2CCC2)C1c1ccc(F)c2c(=O)cc(C)oc12. The fraction of sp³-hybridized carbons (Fsp3) is 0.440. The molecule has 2 atom stereocenters. The van der Waals surface area contributed by atoms with Crippen LogP contribution in [0.1, 0.15) is 63.2 Å². The van der Waals surface area contributed by atoms with Crippen molar-refractivity contribution in [2.75, 3.05) is 0 Å². The molecule has 0 N–H and O–H groups in total. The van der Waals surface area contributed by atoms with Crippen molar-refractivity contribution in [1.82, 2.24) is 0 Å². The molecule has 4 rings (SSSR count). The lowest BCUT2D eigenvalue weighted by Gasteiger charge is -2.31. The summed E-state index contributed by atoms with van der Waals surface area (Å²) in [6.45, 7) is 12.9. The molecule has 1 aromatic heterocycles. The molecule has 0 saturated heterocycles. The number of aliphatic imine (C=N–C) groups is 1. The van der Waals surface area contributed by atoms with E-state index in [9.17, 15) is 14.0 Å². The highest BCUT2D eigenvalue weighted by Gasteiger charge is 2.40. The molecule has 0 amide bonds. The van der Waals surface area contributed by atoms with Gasteiger partial charge in [-0.15, -0.1) is 0 Å². The average Bonchev–Trinajstić information content (AvgIpc) is 2.66. The number of hydrogen-bond acceptors (Lipinski definition) is 4. The largest absolute Gasteiger partial charge is 0.461 e. The average molecular weight is 420 g/mol. The number of hydrogen-bond donors (Lipinski definition) is 0. The zero-order valence-corrected chi connectivity index (χ0v) is 18.0. The van der Waals surface area contributed by atoms with Gasteiger partial charge in [-0.05, 0) is 44.7 Å². The number of Topliss-reactive ketones (excluding diaryl/α,β-unsaturated/α-hetero) is 1. The van der Waals surface area contributed by atoms with Crippen molar-refractivity contribution >= 4 is 22.5 Å². The molecule has 2 heterocycles. The van der Waals surface area contributed by atoms with Crippen LogP contribution < -0.4 is 5.43 Å². The van der Waals surface area contributed by atoms with E-state index in [1.807, 2.05) is 0 Å². The zero-order chi connectivity index (χ0) is 22.3. The number of ketones is 1. The Labute approximate surface area is 180 Å². The Morgan fingerprint density at radius 2 is 2.03 bits per heavy atom. The lowest BCUT2D eigenvalue weighted by atomic mass is 9.73. The van der Waals surface area contributed by atoms with Crippen LogP contribution in [0, 0.1) is 31.1 Å². The number of nitrogens with zero attached hydrogens (tertiary/aromatic N) is 2. The summed E-state index contributed by atoms with van der Waals surface area (Å²) >= 11 is 0. The van der Waals surface area contributed by atoms with Gasteiger partial charge in [-0.2, -0.15) is 0 Å². The van der Waals surface area contributed by atoms with E-state index in [0.29, 0.717) is 40.8 Å². The molecule has 1 fully saturated rings. The first-order valence-electron chi connectivity index (χ1n) is 10.7. The van der Waals surface area contributed by atoms with Gasteiger partial charge in [0.15, 0.2) is 11.1 Å². The monoisotopic (exact) mass is 420 g/mol. The Bertz CT molecular complexity index is 1230. The zero-order valence-electron chi connectivity index (χ0n) is 18.0. The molecule has 31 heavy (non-hydrogen) atoms. The standard InChI is InChI=1S/C25H25FN2O3/c1-13-12-20(30)23-18(26)10-9-17(25(23)31-13)22-21(14(2)28-15(3)24(22)27-4)19(29)11-8-16-6-5-7-16/h9-10,12,16,21-22H,5-8,11H2,1-3H3. The second-order valence-corrected chi connectivity index (χ2v) is 8.65. The van der Waals surface area contributed by atoms with Gasteiger partial charge in [0.05, 0.1) is 12.5 Å². The summed E-state index contributed by atoms with van der Waals surface area (Å²) in [5.74, 6) is -0.994. The topological polar surface area (TPSA) is 64.0 Å². The second kappa shape index (κ2) is 8.22. The summed E-state index contributed by atoms with van der Waals surface area (Å²) in [5.41, 5.74) is 1.63. The highest BCUT2D eigenvalue weighted by molar-refractivity contribution is 6.07. The van der Waals surface area contributed by atoms with E-state index in [2.05, 4.69) is 9.84 Å². The maximum absolute atomic E-state index is 14.5. The molecular weight excluding hydrogens is 395 g/mol. The third kappa shape index (κ3) is 3.74. The van der Waals surface area contributed by atoms with E-state index in [-0.39, 0.29) is 16.8 Å². The molecule has 160 valence electrons. The van der Waals surface area contributed by atoms with Crippen LogP contribution in [-0.4, -0.2) is 11.5 Å². The van der Waals surface area contributed by atoms with Crippen molar-refractivity contribution in [2.24, 2.45) is 16.8 Å². The molecule has 2 aromatic rings. The number of rotatable bonds is 5. The Balaban J connectivity index is 1.87. The Morgan fingerprint density at radius 1 is 1.29 bits per heavy atom. The van der Waals surface area contributed by atoms with Crippen molar-refractivity contribution in [3.63, 3.8) is 0 Å². The van der Waals surface area contributed by atoms with Gasteiger partial charge in [0, 0.05) is 29.8 Å². The van der Waals surface area contributed by atoms with Crippen LogP contribution >= 0.6 is 0 Å². The quantitative estimate of drug-likeness (QED) is 0.582. The van der Waals surface area contributed by atoms with Crippen molar-refractivity contribution in [3.8, 4) is 0 Å². The van der Waals surface area contributed by atoms with E-state index >= 15 is 0 Å². The second-order valence-electron chi connectivity index (χ2n) is 8.65. The van der Waals surface area contributed by atoms with Crippen LogP contribution in [0.15, 0.2) is 43.8 Å². The van der Waals surface area contributed by atoms with Gasteiger partial charge < -0.3 is 4.42 Å². The lowest BCUT2D eigenvalue weighted by molar-refractivity contribution is -0.121. The lowest BCUT2D eigenvalue weighted by Crippen LogP contribution is -2.33. The smallest absolute Gasteiger partial charge is 0.195 e. The number of fused-ring (bicyclic) bond motifs is 1. The first-order chi connectivity index (χ1) is 14.8. The predicted octanol–water partition coefficient (Wildman–Crippen LogP) is 5.72. The van der Waals surface area contributed by atoms with E-state index < -0.39 is 23.1 Å². The molecule has 6 heteroatoms. The normalized spacial score (nSPS) is 21.6. The number of benzene rings is 1. The van der Waals surface area contributed by atoms with Gasteiger partial charge in [-0.25, -0.2) is 9.24 Å². The predicted molar refractivity (Wildman–Crippen MR) is 117 cm³/mol. The maximum atomic E-state index is 14.5. The highest BCUT2D eigenvalue weighted by Crippen LogP contribution is 2.43. The molecular formula is C25H25FN2O3. The molecule has 1 aliphatic heterocycles. The number of allylic oxidation sites excluding steroid dienone is 2. The first-order valence-corrected chi connectivity index (χ1v) is 10.7. The molecule has 0 radical (unpaired) electrons. The summed E-state index contributed by atoms with van der Waals surface area (Å²) in [7, 11) is 0. The number of aryl methyl sites for hydroxylation is 1. The van der Waals surface area contributed by atoms with Gasteiger partial charge in [0.1, 0.15) is 28.3 Å². The van der Waals surface area contributed by atoms with Crippen LogP contribution in [0.5, 0.6) is 0 Å². The summed E-state index contributed by atoms with van der Waals surface area (Å²) in [6.07, 6.45) is 4.80. The van der Waals surface area contributed by atoms with E-state index in [1.165, 1.54) is 24.6 Å². The van der Waals surface area contributed by atoms with Crippen LogP contribution in [-0.2, 0) is 4.79 Å². The molecule has 2 unspecified atom stereocenters. The Morgan fingerprint density at radius 3 is 2.68 bits per heavy atom. The van der Waals surface area contributed by atoms with Crippen LogP contribution in [0.25, 0.3) is 15.8 Å². The highest BCUT2D eigenvalue weighted by atomic mass is 19.1. The van der Waals surface area contributed by atoms with E-state index in [0.717, 1.165) is 19.3 Å². The molecule has 5 nitrogen and oxygen atoms in total. The molecule has 1 aliphatic carbocycles. The fourth-order valence-electron chi connectivity index (χ4n) is 4.80. The van der Waals surface area contributed by atoms with E-state index in [1.54, 1.807) is 20.8 Å². The molecule has 2 aliphatic rings. The Kier molecular flexibility index (Phi) is 5.62. The summed E-state index contributed by atoms with van der Waals surface area (Å²) in [4.78, 5) is 34.1. The third-order valence-electron chi connectivity index (χ3n) is 6.60. The van der Waals surface area contributed by atoms with Crippen molar-refractivity contribution in [2.45, 2.75) is 58.8 Å². The summed E-state index contributed by atoms with van der Waals surface area (Å²) < 4.78 is 20.4. The van der Waals surface area contributed by atoms with Crippen LogP contribution in [0.3, 0.4) is 0 Å². The van der Waals surface area contributed by atoms with E-state index in [4.69, 9.17) is 11.0 Å². The molecule has 0 bridgehead atoms. The number of carbonyl (C=O) groups is 1. The van der Waals surface area contributed by atoms with Gasteiger partial charge in [0.25, 0.3) is 0 Å². The minimum atomic E-state index is -0.674. The van der Waals surface area contributed by atoms with Crippen molar-refractivity contribution in [1.29, 1.82) is 0 Å². The Hall–Kier alpha value is -3.07. The number of carbonyl (C=O) groups excluding carboxylic acids is 1. The summed E-state index contributed by atoms with van der Waals surface area (Å²) in [5, 5.41) is -0.147. The fourth-order valence-corrected chi connectivity index (χ4v) is 4.80. The maximum Gasteiger partial charge on any atom is 0.195 e. The van der Waals surface area contributed by atoms with Crippen LogP contribution in [0.2, 0.25) is 0 Å².